The number of amides is 4. The first-order chi connectivity index (χ1) is 49.4. The van der Waals surface area contributed by atoms with Gasteiger partial charge in [-0.3, -0.25) is 52.7 Å². The van der Waals surface area contributed by atoms with Gasteiger partial charge < -0.3 is 33.8 Å². The van der Waals surface area contributed by atoms with Crippen LogP contribution in [-0.2, 0) is 71.7 Å². The molecule has 8 aliphatic rings. The molecule has 4 amide bonds. The number of isocyanates is 1. The van der Waals surface area contributed by atoms with Crippen molar-refractivity contribution < 1.29 is 71.7 Å². The largest absolute Gasteiger partial charge is 0.460 e. The molecule has 0 spiro atoms. The van der Waals surface area contributed by atoms with Gasteiger partial charge in [0.2, 0.25) is 41.3 Å². The van der Waals surface area contributed by atoms with Crippen molar-refractivity contribution in [2.75, 3.05) is 65.7 Å². The summed E-state index contributed by atoms with van der Waals surface area (Å²) in [5, 5.41) is 0. The van der Waals surface area contributed by atoms with E-state index in [1.165, 1.54) is 0 Å². The number of allylic oxidation sites excluding steroid dienone is 2. The molecule has 6 heterocycles. The average Bonchev–Trinajstić information content (AvgIpc) is 1.53. The fourth-order valence-corrected chi connectivity index (χ4v) is 17.3. The topological polar surface area (TPSA) is 258 Å². The van der Waals surface area contributed by atoms with Crippen molar-refractivity contribution in [3.63, 3.8) is 0 Å². The number of carbonyl (C=O) groups is 11. The maximum absolute atomic E-state index is 14.7. The summed E-state index contributed by atoms with van der Waals surface area (Å²) >= 11 is 0. The number of aliphatic imine (C=N–C) groups is 1. The van der Waals surface area contributed by atoms with Gasteiger partial charge >= 0.3 is 5.97 Å². The van der Waals surface area contributed by atoms with Crippen LogP contribution in [0.1, 0.15) is 272 Å². The van der Waals surface area contributed by atoms with E-state index in [2.05, 4.69) is 94.3 Å². The van der Waals surface area contributed by atoms with Crippen molar-refractivity contribution in [1.29, 1.82) is 0 Å². The molecule has 6 aliphatic heterocycles. The standard InChI is InChI=1S/C40H64N2O6.C32H49NO7.C14H24N2O2/c1-9-10-17-31(43)36(46)27-16-14-12-11-13-15-20-48-26-28(37(47)42-25-30-34(40(30,7)8)35(42)32(44)22-27)21-29(38(2,3)4)24-41-19-18-39(5,6)23-33(41)45;1-7-8-15-24(34)29(37)21-14-12-10-9-11-13-16-39-20-22(18-26(36)40-31(2,3)4)30(38)33-19-23-27(32(23,5)6)28(33)25(35)17-21;1-13(2,3)11(15-10-17)9-16-7-6-14(4,5)8-12(16)18/h9,27-30,34-35H,1,10-26H2,2-8H3;7,21-23,27-28H,1,8-20H2,2-6H3;11H,6-9H2,1-5H3/t27-,28+,29-,30+,34+,35-;21-,22+,23+,27+,28-;11-/m111/s1. The molecule has 0 unspecified atom stereocenters. The van der Waals surface area contributed by atoms with E-state index in [4.69, 9.17) is 14.2 Å². The SMILES string of the molecule is C=CCCC(=O)C(=O)[C@@H]1CCCCCCCOC[C@H](CC(=O)OC(C)(C)C)C(=O)N2C[C@H]3[C@@H]([C@H]2C(=O)C1)C3(C)C.C=CCCC(=O)C(=O)[C@@H]1CCCCCCCOC[C@H](C[C@H](CN2CCC(C)(C)CC2=O)C(C)(C)C)C(=O)N2C[C@H]3[C@@H]([C@H]2C(=O)C1)C3(C)C.CC1(C)CCN(C[C@@H](N=C=O)C(C)(C)C)C(=O)C1. The third-order valence-corrected chi connectivity index (χ3v) is 24.8. The maximum Gasteiger partial charge on any atom is 0.307 e. The summed E-state index contributed by atoms with van der Waals surface area (Å²) in [7, 11) is 0. The highest BCUT2D eigenvalue weighted by Crippen LogP contribution is 2.66. The van der Waals surface area contributed by atoms with Crippen molar-refractivity contribution in [1.82, 2.24) is 19.6 Å². The first kappa shape index (κ1) is 89.0. The summed E-state index contributed by atoms with van der Waals surface area (Å²) in [4.78, 5) is 168. The number of ketones is 6. The highest BCUT2D eigenvalue weighted by atomic mass is 16.6. The van der Waals surface area contributed by atoms with Gasteiger partial charge in [0.05, 0.1) is 49.6 Å². The lowest BCUT2D eigenvalue weighted by atomic mass is 9.74. The molecule has 0 radical (unpaired) electrons. The Morgan fingerprint density at radius 1 is 0.575 bits per heavy atom. The molecule has 0 aromatic heterocycles. The van der Waals surface area contributed by atoms with Crippen LogP contribution in [0.15, 0.2) is 30.3 Å². The van der Waals surface area contributed by atoms with Crippen molar-refractivity contribution in [3.8, 4) is 0 Å². The minimum Gasteiger partial charge on any atom is -0.460 e. The third kappa shape index (κ3) is 25.1. The highest BCUT2D eigenvalue weighted by molar-refractivity contribution is 6.38. The van der Waals surface area contributed by atoms with Crippen LogP contribution in [0.2, 0.25) is 0 Å². The summed E-state index contributed by atoms with van der Waals surface area (Å²) < 4.78 is 17.6. The van der Waals surface area contributed by atoms with E-state index >= 15 is 0 Å². The molecular weight excluding hydrogens is 1340 g/mol. The first-order valence-electron chi connectivity index (χ1n) is 40.4. The molecule has 0 N–H and O–H groups in total. The molecule has 2 saturated carbocycles. The quantitative estimate of drug-likeness (QED) is 0.0383. The molecule has 20 heteroatoms. The number of hydrogen-bond acceptors (Lipinski definition) is 16. The Kier molecular flexibility index (Phi) is 32.1. The number of rotatable bonds is 19. The predicted octanol–water partition coefficient (Wildman–Crippen LogP) is 14.1. The Bertz CT molecular complexity index is 3170. The molecule has 0 bridgehead atoms. The molecule has 0 aromatic carbocycles. The van der Waals surface area contributed by atoms with E-state index in [1.807, 2.05) is 35.5 Å². The Hall–Kier alpha value is -5.85. The first-order valence-corrected chi connectivity index (χ1v) is 40.4. The minimum absolute atomic E-state index is 0.00171. The van der Waals surface area contributed by atoms with Gasteiger partial charge in [-0.05, 0) is 141 Å². The number of likely N-dealkylation sites (tertiary alicyclic amines) is 2. The number of fused-ring (bicyclic) bond motifs is 6. The monoisotopic (exact) mass is 1480 g/mol. The van der Waals surface area contributed by atoms with Gasteiger partial charge in [0, 0.05) is 103 Å². The van der Waals surface area contributed by atoms with Crippen LogP contribution in [0, 0.1) is 85.8 Å². The second-order valence-electron chi connectivity index (χ2n) is 38.5. The highest BCUT2D eigenvalue weighted by Gasteiger charge is 2.70. The van der Waals surface area contributed by atoms with E-state index in [0.717, 1.165) is 90.1 Å². The lowest BCUT2D eigenvalue weighted by Gasteiger charge is -2.42. The Balaban J connectivity index is 0.000000273. The number of Topliss-reactive ketones (excluding diaryl/α,β-unsaturated/α-hetero) is 6. The second kappa shape index (κ2) is 38.2. The van der Waals surface area contributed by atoms with Crippen LogP contribution < -0.4 is 0 Å². The Morgan fingerprint density at radius 3 is 1.38 bits per heavy atom. The summed E-state index contributed by atoms with van der Waals surface area (Å²) in [6.45, 7) is 47.4. The smallest absolute Gasteiger partial charge is 0.307 e. The number of esters is 1. The number of nitrogens with zero attached hydrogens (tertiary/aromatic N) is 5. The molecule has 12 atom stereocenters. The van der Waals surface area contributed by atoms with Crippen molar-refractivity contribution in [3.05, 3.63) is 25.3 Å². The maximum atomic E-state index is 14.7. The number of carbonyl (C=O) groups excluding carboxylic acids is 12. The lowest BCUT2D eigenvalue weighted by Crippen LogP contribution is -2.50. The molecule has 6 saturated heterocycles. The van der Waals surface area contributed by atoms with Crippen LogP contribution in [0.5, 0.6) is 0 Å². The normalized spacial score (nSPS) is 28.8. The van der Waals surface area contributed by atoms with Crippen LogP contribution >= 0.6 is 0 Å². The van der Waals surface area contributed by atoms with Gasteiger partial charge in [0.25, 0.3) is 0 Å². The average molecular weight is 1480 g/mol. The minimum atomic E-state index is -0.753. The van der Waals surface area contributed by atoms with Crippen molar-refractivity contribution >= 4 is 70.4 Å². The van der Waals surface area contributed by atoms with Crippen LogP contribution in [-0.4, -0.2) is 179 Å². The zero-order valence-electron chi connectivity index (χ0n) is 68.4. The van der Waals surface area contributed by atoms with E-state index in [0.29, 0.717) is 90.9 Å². The molecular formula is C86H137N5O15. The van der Waals surface area contributed by atoms with Gasteiger partial charge in [0.15, 0.2) is 23.1 Å². The van der Waals surface area contributed by atoms with E-state index in [9.17, 15) is 57.5 Å². The molecule has 596 valence electrons. The van der Waals surface area contributed by atoms with E-state index < -0.39 is 70.5 Å². The molecule has 0 aromatic rings. The van der Waals surface area contributed by atoms with Crippen LogP contribution in [0.4, 0.5) is 0 Å². The second-order valence-corrected chi connectivity index (χ2v) is 38.5. The van der Waals surface area contributed by atoms with Crippen molar-refractivity contribution in [2.24, 2.45) is 90.7 Å². The molecule has 106 heavy (non-hydrogen) atoms. The van der Waals surface area contributed by atoms with Crippen molar-refractivity contribution in [2.45, 2.75) is 296 Å². The molecule has 8 fully saturated rings. The van der Waals surface area contributed by atoms with E-state index in [-0.39, 0.29) is 142 Å². The number of hydrogen-bond donors (Lipinski definition) is 0. The lowest BCUT2D eigenvalue weighted by molar-refractivity contribution is -0.160. The van der Waals surface area contributed by atoms with Gasteiger partial charge in [0.1, 0.15) is 5.60 Å². The van der Waals surface area contributed by atoms with E-state index in [1.54, 1.807) is 43.9 Å². The summed E-state index contributed by atoms with van der Waals surface area (Å²) in [5.41, 5.74) is -1.01. The van der Waals surface area contributed by atoms with Crippen LogP contribution in [0.3, 0.4) is 0 Å². The Labute approximate surface area is 636 Å². The fraction of sp³-hybridized carbons (Fsp3) is 0.814. The van der Waals surface area contributed by atoms with Gasteiger partial charge in [-0.2, -0.15) is 0 Å². The van der Waals surface area contributed by atoms with Gasteiger partial charge in [-0.15, -0.1) is 13.2 Å². The van der Waals surface area contributed by atoms with Crippen LogP contribution in [0.25, 0.3) is 0 Å². The summed E-state index contributed by atoms with van der Waals surface area (Å²) in [6, 6.07) is -1.44. The molecule has 20 nitrogen and oxygen atoms in total. The zero-order valence-corrected chi connectivity index (χ0v) is 68.4. The predicted molar refractivity (Wildman–Crippen MR) is 410 cm³/mol. The van der Waals surface area contributed by atoms with Gasteiger partial charge in [-0.25, -0.2) is 9.79 Å². The third-order valence-electron chi connectivity index (χ3n) is 24.8. The number of ether oxygens (including phenoxy) is 3. The zero-order chi connectivity index (χ0) is 79.1. The Morgan fingerprint density at radius 2 is 0.981 bits per heavy atom. The molecule has 2 aliphatic carbocycles. The van der Waals surface area contributed by atoms with Gasteiger partial charge in [-0.1, -0.05) is 160 Å². The number of piperidine rings is 4. The summed E-state index contributed by atoms with van der Waals surface area (Å²) in [6.07, 6.45) is 19.5. The molecule has 8 rings (SSSR count). The summed E-state index contributed by atoms with van der Waals surface area (Å²) in [5.74, 6) is -4.46. The fourth-order valence-electron chi connectivity index (χ4n) is 17.3.